The highest BCUT2D eigenvalue weighted by Crippen LogP contribution is 2.28. The Morgan fingerprint density at radius 3 is 2.33 bits per heavy atom. The van der Waals surface area contributed by atoms with E-state index in [1.54, 1.807) is 42.5 Å². The molecule has 0 amide bonds. The van der Waals surface area contributed by atoms with Gasteiger partial charge in [-0.2, -0.15) is 0 Å². The molecule has 140 valence electrons. The van der Waals surface area contributed by atoms with E-state index in [1.165, 1.54) is 19.9 Å². The van der Waals surface area contributed by atoms with Gasteiger partial charge >= 0.3 is 11.9 Å². The normalized spacial score (nSPS) is 15.8. The fraction of sp³-hybridized carbons (Fsp3) is 0.200. The Hall–Kier alpha value is -2.50. The van der Waals surface area contributed by atoms with Crippen molar-refractivity contribution in [2.45, 2.75) is 26.2 Å². The number of rotatable bonds is 4. The van der Waals surface area contributed by atoms with Crippen molar-refractivity contribution in [3.63, 3.8) is 0 Å². The SMILES string of the molecule is CC1(C)OC(=O)C(=Cc2ccccc2OCc2ccc(Cl)c(Cl)c2)C(=O)O1. The molecular weight excluding hydrogens is 391 g/mol. The summed E-state index contributed by atoms with van der Waals surface area (Å²) in [6, 6.07) is 12.2. The van der Waals surface area contributed by atoms with Crippen LogP contribution in [0.3, 0.4) is 0 Å². The molecule has 0 atom stereocenters. The van der Waals surface area contributed by atoms with Gasteiger partial charge in [-0.15, -0.1) is 0 Å². The summed E-state index contributed by atoms with van der Waals surface area (Å²) in [5, 5.41) is 0.895. The Morgan fingerprint density at radius 1 is 1.00 bits per heavy atom. The largest absolute Gasteiger partial charge is 0.488 e. The number of hydrogen-bond acceptors (Lipinski definition) is 5. The maximum Gasteiger partial charge on any atom is 0.348 e. The smallest absolute Gasteiger partial charge is 0.348 e. The topological polar surface area (TPSA) is 61.8 Å². The van der Waals surface area contributed by atoms with Crippen LogP contribution in [0.5, 0.6) is 5.75 Å². The monoisotopic (exact) mass is 406 g/mol. The summed E-state index contributed by atoms with van der Waals surface area (Å²) in [5.74, 6) is -2.28. The molecule has 5 nitrogen and oxygen atoms in total. The van der Waals surface area contributed by atoms with E-state index in [2.05, 4.69) is 0 Å². The zero-order valence-corrected chi connectivity index (χ0v) is 16.1. The van der Waals surface area contributed by atoms with Crippen LogP contribution >= 0.6 is 23.2 Å². The van der Waals surface area contributed by atoms with Crippen molar-refractivity contribution in [1.82, 2.24) is 0 Å². The molecule has 1 fully saturated rings. The molecule has 1 saturated heterocycles. The molecule has 2 aromatic carbocycles. The van der Waals surface area contributed by atoms with Gasteiger partial charge < -0.3 is 14.2 Å². The highest BCUT2D eigenvalue weighted by atomic mass is 35.5. The third-order valence-corrected chi connectivity index (χ3v) is 4.45. The number of halogens is 2. The first-order valence-corrected chi connectivity index (χ1v) is 8.85. The van der Waals surface area contributed by atoms with E-state index in [0.29, 0.717) is 21.4 Å². The van der Waals surface area contributed by atoms with Crippen molar-refractivity contribution in [2.24, 2.45) is 0 Å². The van der Waals surface area contributed by atoms with Gasteiger partial charge in [0.25, 0.3) is 5.79 Å². The molecule has 27 heavy (non-hydrogen) atoms. The van der Waals surface area contributed by atoms with Gasteiger partial charge in [0.2, 0.25) is 0 Å². The van der Waals surface area contributed by atoms with Gasteiger partial charge in [-0.1, -0.05) is 47.5 Å². The highest BCUT2D eigenvalue weighted by Gasteiger charge is 2.38. The van der Waals surface area contributed by atoms with Crippen LogP contribution in [0.15, 0.2) is 48.0 Å². The molecule has 0 saturated carbocycles. The van der Waals surface area contributed by atoms with Crippen molar-refractivity contribution in [1.29, 1.82) is 0 Å². The van der Waals surface area contributed by atoms with Crippen molar-refractivity contribution in [2.75, 3.05) is 0 Å². The van der Waals surface area contributed by atoms with E-state index in [1.807, 2.05) is 0 Å². The average molecular weight is 407 g/mol. The molecule has 0 bridgehead atoms. The van der Waals surface area contributed by atoms with Gasteiger partial charge in [0, 0.05) is 19.4 Å². The molecule has 0 N–H and O–H groups in total. The zero-order valence-electron chi connectivity index (χ0n) is 14.6. The molecule has 7 heteroatoms. The van der Waals surface area contributed by atoms with Crippen LogP contribution in [0.25, 0.3) is 6.08 Å². The molecular formula is C20H16Cl2O5. The number of para-hydroxylation sites is 1. The third kappa shape index (κ3) is 4.62. The first kappa shape index (κ1) is 19.3. The molecule has 0 spiro atoms. The van der Waals surface area contributed by atoms with Gasteiger partial charge in [0.15, 0.2) is 0 Å². The number of benzene rings is 2. The predicted molar refractivity (Wildman–Crippen MR) is 101 cm³/mol. The number of hydrogen-bond donors (Lipinski definition) is 0. The zero-order chi connectivity index (χ0) is 19.6. The number of carbonyl (C=O) groups is 2. The lowest BCUT2D eigenvalue weighted by Gasteiger charge is -2.29. The van der Waals surface area contributed by atoms with Crippen LogP contribution in [0, 0.1) is 0 Å². The fourth-order valence-corrected chi connectivity index (χ4v) is 2.78. The Labute approximate surface area is 166 Å². The Morgan fingerprint density at radius 2 is 1.67 bits per heavy atom. The predicted octanol–water partition coefficient (Wildman–Crippen LogP) is 4.79. The molecule has 0 unspecified atom stereocenters. The first-order chi connectivity index (χ1) is 12.7. The summed E-state index contributed by atoms with van der Waals surface area (Å²) in [6.07, 6.45) is 1.39. The molecule has 1 aliphatic heterocycles. The second-order valence-corrected chi connectivity index (χ2v) is 7.13. The Balaban J connectivity index is 1.82. The lowest BCUT2D eigenvalue weighted by atomic mass is 10.1. The molecule has 0 aromatic heterocycles. The van der Waals surface area contributed by atoms with E-state index >= 15 is 0 Å². The van der Waals surface area contributed by atoms with E-state index in [0.717, 1.165) is 5.56 Å². The quantitative estimate of drug-likeness (QED) is 0.414. The van der Waals surface area contributed by atoms with Gasteiger partial charge in [-0.25, -0.2) is 9.59 Å². The molecule has 1 aliphatic rings. The maximum absolute atomic E-state index is 12.1. The van der Waals surface area contributed by atoms with Gasteiger partial charge in [0.05, 0.1) is 10.0 Å². The summed E-state index contributed by atoms with van der Waals surface area (Å²) >= 11 is 11.9. The fourth-order valence-electron chi connectivity index (χ4n) is 2.46. The molecule has 0 aliphatic carbocycles. The number of ether oxygens (including phenoxy) is 3. The third-order valence-electron chi connectivity index (χ3n) is 3.71. The van der Waals surface area contributed by atoms with E-state index in [4.69, 9.17) is 37.4 Å². The number of esters is 2. The maximum atomic E-state index is 12.1. The van der Waals surface area contributed by atoms with Crippen molar-refractivity contribution in [3.05, 3.63) is 69.2 Å². The minimum atomic E-state index is -1.28. The molecule has 3 rings (SSSR count). The van der Waals surface area contributed by atoms with Gasteiger partial charge in [0.1, 0.15) is 17.9 Å². The van der Waals surface area contributed by atoms with Crippen LogP contribution in [-0.2, 0) is 25.7 Å². The lowest BCUT2D eigenvalue weighted by molar-refractivity contribution is -0.222. The van der Waals surface area contributed by atoms with Gasteiger partial charge in [-0.05, 0) is 29.8 Å². The molecule has 2 aromatic rings. The standard InChI is InChI=1S/C20H16Cl2O5/c1-20(2)26-18(23)14(19(24)27-20)10-13-5-3-4-6-17(13)25-11-12-7-8-15(21)16(22)9-12/h3-10H,11H2,1-2H3. The summed E-state index contributed by atoms with van der Waals surface area (Å²) in [6.45, 7) is 3.22. The first-order valence-electron chi connectivity index (χ1n) is 8.09. The summed E-state index contributed by atoms with van der Waals surface area (Å²) in [4.78, 5) is 24.3. The number of carbonyl (C=O) groups excluding carboxylic acids is 2. The van der Waals surface area contributed by atoms with E-state index in [9.17, 15) is 9.59 Å². The van der Waals surface area contributed by atoms with Crippen molar-refractivity contribution in [3.8, 4) is 5.75 Å². The van der Waals surface area contributed by atoms with Crippen molar-refractivity contribution < 1.29 is 23.8 Å². The minimum Gasteiger partial charge on any atom is -0.488 e. The summed E-state index contributed by atoms with van der Waals surface area (Å²) < 4.78 is 16.0. The second-order valence-electron chi connectivity index (χ2n) is 6.31. The number of cyclic esters (lactones) is 2. The van der Waals surface area contributed by atoms with Gasteiger partial charge in [-0.3, -0.25) is 0 Å². The molecule has 0 radical (unpaired) electrons. The minimum absolute atomic E-state index is 0.195. The lowest BCUT2D eigenvalue weighted by Crippen LogP contribution is -2.41. The Bertz CT molecular complexity index is 912. The van der Waals surface area contributed by atoms with Crippen molar-refractivity contribution >= 4 is 41.2 Å². The van der Waals surface area contributed by atoms with E-state index < -0.39 is 17.7 Å². The van der Waals surface area contributed by atoms with Crippen LogP contribution in [0.2, 0.25) is 10.0 Å². The second kappa shape index (κ2) is 7.62. The van der Waals surface area contributed by atoms with E-state index in [-0.39, 0.29) is 12.2 Å². The van der Waals surface area contributed by atoms with Crippen LogP contribution in [0.4, 0.5) is 0 Å². The van der Waals surface area contributed by atoms with Crippen LogP contribution in [-0.4, -0.2) is 17.7 Å². The van der Waals surface area contributed by atoms with Crippen LogP contribution < -0.4 is 4.74 Å². The summed E-state index contributed by atoms with van der Waals surface area (Å²) in [5.41, 5.74) is 1.17. The highest BCUT2D eigenvalue weighted by molar-refractivity contribution is 6.42. The average Bonchev–Trinajstić information content (AvgIpc) is 2.59. The Kier molecular flexibility index (Phi) is 5.44. The summed E-state index contributed by atoms with van der Waals surface area (Å²) in [7, 11) is 0. The van der Waals surface area contributed by atoms with Crippen LogP contribution in [0.1, 0.15) is 25.0 Å². The molecule has 1 heterocycles.